The molecule has 4 nitrogen and oxygen atoms in total. The number of ether oxygens (including phenoxy) is 2. The predicted molar refractivity (Wildman–Crippen MR) is 68.5 cm³/mol. The molecule has 0 bridgehead atoms. The number of carbonyl (C=O) groups excluding carboxylic acids is 1. The van der Waals surface area contributed by atoms with E-state index in [0.29, 0.717) is 11.3 Å². The van der Waals surface area contributed by atoms with Crippen molar-refractivity contribution < 1.29 is 14.3 Å². The van der Waals surface area contributed by atoms with Gasteiger partial charge in [0, 0.05) is 0 Å². The standard InChI is InChI=1S/C12H17NO3.ClH/c1-3-4-11(13)16-10-7-5-9(6-8-10)12(14)15-2;/h5-8,11H,3-4,13H2,1-2H3;1H. The molecule has 5 heteroatoms. The van der Waals surface area contributed by atoms with Gasteiger partial charge in [0.05, 0.1) is 12.7 Å². The molecule has 0 saturated carbocycles. The number of hydrogen-bond acceptors (Lipinski definition) is 4. The normalized spacial score (nSPS) is 11.2. The Labute approximate surface area is 108 Å². The maximum Gasteiger partial charge on any atom is 0.337 e. The maximum atomic E-state index is 11.2. The molecular formula is C12H18ClNO3. The first-order chi connectivity index (χ1) is 7.67. The van der Waals surface area contributed by atoms with Gasteiger partial charge >= 0.3 is 5.97 Å². The van der Waals surface area contributed by atoms with E-state index in [1.807, 2.05) is 6.92 Å². The molecule has 0 radical (unpaired) electrons. The summed E-state index contributed by atoms with van der Waals surface area (Å²) in [5, 5.41) is 0. The molecular weight excluding hydrogens is 242 g/mol. The Morgan fingerprint density at radius 2 is 1.94 bits per heavy atom. The van der Waals surface area contributed by atoms with Gasteiger partial charge in [-0.25, -0.2) is 4.79 Å². The Hall–Kier alpha value is -1.26. The molecule has 0 aliphatic rings. The Morgan fingerprint density at radius 1 is 1.35 bits per heavy atom. The molecule has 0 spiro atoms. The second-order valence-electron chi connectivity index (χ2n) is 3.46. The zero-order valence-corrected chi connectivity index (χ0v) is 10.8. The van der Waals surface area contributed by atoms with Crippen LogP contribution in [-0.4, -0.2) is 19.3 Å². The number of methoxy groups -OCH3 is 1. The van der Waals surface area contributed by atoms with E-state index in [-0.39, 0.29) is 24.6 Å². The fourth-order valence-corrected chi connectivity index (χ4v) is 1.31. The second kappa shape index (κ2) is 7.92. The van der Waals surface area contributed by atoms with E-state index in [0.717, 1.165) is 12.8 Å². The topological polar surface area (TPSA) is 61.5 Å². The molecule has 0 aromatic heterocycles. The van der Waals surface area contributed by atoms with Gasteiger partial charge in [-0.2, -0.15) is 0 Å². The highest BCUT2D eigenvalue weighted by molar-refractivity contribution is 5.89. The summed E-state index contributed by atoms with van der Waals surface area (Å²) >= 11 is 0. The van der Waals surface area contributed by atoms with E-state index in [1.54, 1.807) is 24.3 Å². The number of carbonyl (C=O) groups is 1. The lowest BCUT2D eigenvalue weighted by Gasteiger charge is -2.13. The molecule has 0 aliphatic carbocycles. The molecule has 17 heavy (non-hydrogen) atoms. The van der Waals surface area contributed by atoms with Gasteiger partial charge in [0.2, 0.25) is 0 Å². The SMILES string of the molecule is CCCC(N)Oc1ccc(C(=O)OC)cc1.Cl. The van der Waals surface area contributed by atoms with Crippen molar-refractivity contribution in [2.24, 2.45) is 5.73 Å². The van der Waals surface area contributed by atoms with E-state index < -0.39 is 0 Å². The minimum Gasteiger partial charge on any atom is -0.476 e. The highest BCUT2D eigenvalue weighted by atomic mass is 35.5. The number of nitrogens with two attached hydrogens (primary N) is 1. The molecule has 1 atom stereocenters. The largest absolute Gasteiger partial charge is 0.476 e. The van der Waals surface area contributed by atoms with Crippen LogP contribution in [0.2, 0.25) is 0 Å². The van der Waals surface area contributed by atoms with Gasteiger partial charge < -0.3 is 9.47 Å². The summed E-state index contributed by atoms with van der Waals surface area (Å²) < 4.78 is 10.0. The molecule has 2 N–H and O–H groups in total. The van der Waals surface area contributed by atoms with Crippen LogP contribution in [0.3, 0.4) is 0 Å². The first-order valence-electron chi connectivity index (χ1n) is 5.28. The summed E-state index contributed by atoms with van der Waals surface area (Å²) in [5.74, 6) is 0.304. The number of rotatable bonds is 5. The van der Waals surface area contributed by atoms with Crippen molar-refractivity contribution in [2.45, 2.75) is 26.0 Å². The molecule has 0 amide bonds. The fraction of sp³-hybridized carbons (Fsp3) is 0.417. The van der Waals surface area contributed by atoms with Crippen LogP contribution in [0.4, 0.5) is 0 Å². The van der Waals surface area contributed by atoms with E-state index in [2.05, 4.69) is 4.74 Å². The zero-order valence-electron chi connectivity index (χ0n) is 10.0. The van der Waals surface area contributed by atoms with E-state index in [4.69, 9.17) is 10.5 Å². The third-order valence-electron chi connectivity index (χ3n) is 2.14. The lowest BCUT2D eigenvalue weighted by molar-refractivity contribution is 0.0600. The van der Waals surface area contributed by atoms with Crippen LogP contribution in [0.1, 0.15) is 30.1 Å². The van der Waals surface area contributed by atoms with E-state index in [9.17, 15) is 4.79 Å². The summed E-state index contributed by atoms with van der Waals surface area (Å²) in [7, 11) is 1.35. The van der Waals surface area contributed by atoms with Gasteiger partial charge in [-0.05, 0) is 30.7 Å². The molecule has 96 valence electrons. The minimum absolute atomic E-state index is 0. The smallest absolute Gasteiger partial charge is 0.337 e. The lowest BCUT2D eigenvalue weighted by Crippen LogP contribution is -2.26. The van der Waals surface area contributed by atoms with Gasteiger partial charge in [-0.1, -0.05) is 13.3 Å². The number of halogens is 1. The highest BCUT2D eigenvalue weighted by Gasteiger charge is 2.06. The van der Waals surface area contributed by atoms with Gasteiger partial charge in [0.25, 0.3) is 0 Å². The van der Waals surface area contributed by atoms with Crippen molar-refractivity contribution in [2.75, 3.05) is 7.11 Å². The van der Waals surface area contributed by atoms with Crippen LogP contribution in [0, 0.1) is 0 Å². The summed E-state index contributed by atoms with van der Waals surface area (Å²) in [6, 6.07) is 6.73. The quantitative estimate of drug-likeness (QED) is 0.651. The second-order valence-corrected chi connectivity index (χ2v) is 3.46. The van der Waals surface area contributed by atoms with Gasteiger partial charge in [-0.3, -0.25) is 5.73 Å². The van der Waals surface area contributed by atoms with E-state index >= 15 is 0 Å². The van der Waals surface area contributed by atoms with Crippen LogP contribution >= 0.6 is 12.4 Å². The minimum atomic E-state index is -0.357. The van der Waals surface area contributed by atoms with Crippen molar-refractivity contribution in [1.29, 1.82) is 0 Å². The molecule has 1 aromatic rings. The molecule has 1 unspecified atom stereocenters. The number of esters is 1. The first-order valence-corrected chi connectivity index (χ1v) is 5.28. The number of hydrogen-bond donors (Lipinski definition) is 1. The van der Waals surface area contributed by atoms with Crippen LogP contribution in [0.25, 0.3) is 0 Å². The Kier molecular flexibility index (Phi) is 7.34. The summed E-state index contributed by atoms with van der Waals surface area (Å²) in [5.41, 5.74) is 6.23. The zero-order chi connectivity index (χ0) is 12.0. The first kappa shape index (κ1) is 15.7. The summed E-state index contributed by atoms with van der Waals surface area (Å²) in [6.45, 7) is 2.05. The van der Waals surface area contributed by atoms with Crippen LogP contribution in [0.5, 0.6) is 5.75 Å². The van der Waals surface area contributed by atoms with Crippen LogP contribution < -0.4 is 10.5 Å². The van der Waals surface area contributed by atoms with Crippen molar-refractivity contribution in [3.63, 3.8) is 0 Å². The molecule has 0 aliphatic heterocycles. The van der Waals surface area contributed by atoms with Gasteiger partial charge in [0.1, 0.15) is 12.0 Å². The van der Waals surface area contributed by atoms with E-state index in [1.165, 1.54) is 7.11 Å². The lowest BCUT2D eigenvalue weighted by atomic mass is 10.2. The third-order valence-corrected chi connectivity index (χ3v) is 2.14. The molecule has 0 heterocycles. The average molecular weight is 260 g/mol. The van der Waals surface area contributed by atoms with Gasteiger partial charge in [-0.15, -0.1) is 12.4 Å². The molecule has 1 rings (SSSR count). The predicted octanol–water partition coefficient (Wildman–Crippen LogP) is 2.36. The van der Waals surface area contributed by atoms with Crippen molar-refractivity contribution in [3.8, 4) is 5.75 Å². The molecule has 0 fully saturated rings. The van der Waals surface area contributed by atoms with Gasteiger partial charge in [0.15, 0.2) is 0 Å². The Bertz CT molecular complexity index is 340. The highest BCUT2D eigenvalue weighted by Crippen LogP contribution is 2.14. The Balaban J connectivity index is 0.00000256. The van der Waals surface area contributed by atoms with Crippen molar-refractivity contribution >= 4 is 18.4 Å². The third kappa shape index (κ3) is 5.06. The Morgan fingerprint density at radius 3 is 2.41 bits per heavy atom. The van der Waals surface area contributed by atoms with Crippen molar-refractivity contribution in [1.82, 2.24) is 0 Å². The maximum absolute atomic E-state index is 11.2. The van der Waals surface area contributed by atoms with Crippen molar-refractivity contribution in [3.05, 3.63) is 29.8 Å². The monoisotopic (exact) mass is 259 g/mol. The summed E-state index contributed by atoms with van der Waals surface area (Å²) in [6.07, 6.45) is 1.48. The molecule has 0 saturated heterocycles. The van der Waals surface area contributed by atoms with Crippen LogP contribution in [-0.2, 0) is 4.74 Å². The fourth-order valence-electron chi connectivity index (χ4n) is 1.31. The number of benzene rings is 1. The molecule has 1 aromatic carbocycles. The average Bonchev–Trinajstić information content (AvgIpc) is 2.29. The summed E-state index contributed by atoms with van der Waals surface area (Å²) in [4.78, 5) is 11.2. The van der Waals surface area contributed by atoms with Crippen LogP contribution in [0.15, 0.2) is 24.3 Å².